The molecule has 4 fully saturated rings. The van der Waals surface area contributed by atoms with Crippen molar-refractivity contribution in [1.29, 1.82) is 0 Å². The lowest BCUT2D eigenvalue weighted by molar-refractivity contribution is -0.0708. The number of anilines is 1. The van der Waals surface area contributed by atoms with Crippen LogP contribution in [0.15, 0.2) is 12.4 Å². The van der Waals surface area contributed by atoms with Crippen molar-refractivity contribution < 1.29 is 13.9 Å². The van der Waals surface area contributed by atoms with Crippen LogP contribution in [0.3, 0.4) is 0 Å². The molecule has 2 N–H and O–H groups in total. The van der Waals surface area contributed by atoms with E-state index in [1.165, 1.54) is 0 Å². The van der Waals surface area contributed by atoms with E-state index in [2.05, 4.69) is 31.8 Å². The third-order valence-corrected chi connectivity index (χ3v) is 6.70. The Bertz CT molecular complexity index is 691. The van der Waals surface area contributed by atoms with E-state index in [-0.39, 0.29) is 30.2 Å². The van der Waals surface area contributed by atoms with Crippen LogP contribution in [-0.4, -0.2) is 59.7 Å². The number of nitrogens with zero attached hydrogens (tertiary/aromatic N) is 3. The van der Waals surface area contributed by atoms with Crippen molar-refractivity contribution in [1.82, 2.24) is 20.8 Å². The molecule has 4 heterocycles. The monoisotopic (exact) mass is 391 g/mol. The van der Waals surface area contributed by atoms with Crippen LogP contribution in [0.5, 0.6) is 0 Å². The molecule has 4 aliphatic rings. The van der Waals surface area contributed by atoms with Crippen molar-refractivity contribution in [3.63, 3.8) is 0 Å². The number of hydrazine groups is 1. The van der Waals surface area contributed by atoms with E-state index in [4.69, 9.17) is 9.47 Å². The molecule has 154 valence electrons. The summed E-state index contributed by atoms with van der Waals surface area (Å²) >= 11 is 0. The quantitative estimate of drug-likeness (QED) is 0.812. The molecule has 0 spiro atoms. The lowest BCUT2D eigenvalue weighted by atomic mass is 9.78. The topological polar surface area (TPSA) is 71.5 Å². The van der Waals surface area contributed by atoms with Gasteiger partial charge in [-0.3, -0.25) is 5.43 Å². The lowest BCUT2D eigenvalue weighted by Gasteiger charge is -2.37. The summed E-state index contributed by atoms with van der Waals surface area (Å²) in [6.07, 6.45) is 3.89. The van der Waals surface area contributed by atoms with Gasteiger partial charge in [-0.2, -0.15) is 0 Å². The zero-order chi connectivity index (χ0) is 19.3. The van der Waals surface area contributed by atoms with Crippen LogP contribution in [-0.2, 0) is 9.47 Å². The average Bonchev–Trinajstić information content (AvgIpc) is 3.19. The first-order chi connectivity index (χ1) is 13.6. The summed E-state index contributed by atoms with van der Waals surface area (Å²) in [6.45, 7) is 5.48. The Morgan fingerprint density at radius 1 is 1.18 bits per heavy atom. The normalized spacial score (nSPS) is 40.1. The Hall–Kier alpha value is -1.35. The molecule has 3 saturated heterocycles. The fourth-order valence-electron chi connectivity index (χ4n) is 5.45. The molecule has 0 radical (unpaired) electrons. The summed E-state index contributed by atoms with van der Waals surface area (Å²) < 4.78 is 26.1. The molecule has 1 aliphatic carbocycles. The molecular weight excluding hydrogens is 361 g/mol. The minimum atomic E-state index is -0.929. The Kier molecular flexibility index (Phi) is 4.99. The number of hydrogen-bond acceptors (Lipinski definition) is 7. The van der Waals surface area contributed by atoms with Crippen LogP contribution >= 0.6 is 0 Å². The van der Waals surface area contributed by atoms with Gasteiger partial charge in [0.05, 0.1) is 49.2 Å². The van der Waals surface area contributed by atoms with E-state index in [1.807, 2.05) is 13.8 Å². The second-order valence-corrected chi connectivity index (χ2v) is 8.88. The van der Waals surface area contributed by atoms with E-state index >= 15 is 0 Å². The number of nitrogens with one attached hydrogen (secondary N) is 2. The van der Waals surface area contributed by atoms with Gasteiger partial charge in [-0.25, -0.2) is 19.8 Å². The van der Waals surface area contributed by atoms with Crippen molar-refractivity contribution >= 4 is 5.82 Å². The predicted octanol–water partition coefficient (Wildman–Crippen LogP) is 1.90. The van der Waals surface area contributed by atoms with Gasteiger partial charge in [0.15, 0.2) is 0 Å². The number of rotatable bonds is 4. The Morgan fingerprint density at radius 3 is 2.71 bits per heavy atom. The van der Waals surface area contributed by atoms with Crippen molar-refractivity contribution in [2.24, 2.45) is 5.92 Å². The van der Waals surface area contributed by atoms with E-state index in [0.717, 1.165) is 37.6 Å². The first kappa shape index (κ1) is 18.7. The molecule has 28 heavy (non-hydrogen) atoms. The summed E-state index contributed by atoms with van der Waals surface area (Å²) in [6, 6.07) is 3.07. The van der Waals surface area contributed by atoms with Crippen LogP contribution in [0.2, 0.25) is 0 Å². The molecular formula is C20H30FN5O2. The molecule has 7 unspecified atom stereocenters. The van der Waals surface area contributed by atoms with Crippen molar-refractivity contribution in [2.75, 3.05) is 18.1 Å². The Balaban J connectivity index is 1.36. The second-order valence-electron chi connectivity index (χ2n) is 8.88. The minimum absolute atomic E-state index is 0.0306. The molecule has 3 aliphatic heterocycles. The number of alkyl halides is 1. The van der Waals surface area contributed by atoms with Crippen LogP contribution < -0.4 is 15.8 Å². The second kappa shape index (κ2) is 7.48. The first-order valence-corrected chi connectivity index (χ1v) is 10.6. The summed E-state index contributed by atoms with van der Waals surface area (Å²) in [4.78, 5) is 11.6. The molecule has 1 saturated carbocycles. The van der Waals surface area contributed by atoms with Crippen molar-refractivity contribution in [2.45, 2.75) is 82.1 Å². The maximum atomic E-state index is 14.5. The van der Waals surface area contributed by atoms with Gasteiger partial charge in [-0.05, 0) is 39.5 Å². The lowest BCUT2D eigenvalue weighted by Crippen LogP contribution is -2.46. The number of halogens is 1. The summed E-state index contributed by atoms with van der Waals surface area (Å²) in [5, 5.41) is 0. The van der Waals surface area contributed by atoms with Crippen LogP contribution in [0, 0.1) is 5.92 Å². The Labute approximate surface area is 165 Å². The molecule has 7 nitrogen and oxygen atoms in total. The van der Waals surface area contributed by atoms with Gasteiger partial charge in [-0.15, -0.1) is 0 Å². The number of ether oxygens (including phenoxy) is 2. The van der Waals surface area contributed by atoms with Gasteiger partial charge >= 0.3 is 0 Å². The van der Waals surface area contributed by atoms with Crippen LogP contribution in [0.4, 0.5) is 10.2 Å². The minimum Gasteiger partial charge on any atom is -0.377 e. The van der Waals surface area contributed by atoms with Gasteiger partial charge < -0.3 is 14.4 Å². The first-order valence-electron chi connectivity index (χ1n) is 10.6. The number of hydrogen-bond donors (Lipinski definition) is 2. The standard InChI is InChI=1S/C20H30FN5O2/c1-11(2)28-18-5-14-16(6-15(18)21)24-25-20(14)17-7-19(23-10-22-17)26-12-3-4-13(26)9-27-8-12/h7,10-16,18,20,24-25H,3-6,8-9H2,1-2H3. The summed E-state index contributed by atoms with van der Waals surface area (Å²) in [5.74, 6) is 1.24. The van der Waals surface area contributed by atoms with Gasteiger partial charge in [0.2, 0.25) is 0 Å². The van der Waals surface area contributed by atoms with Gasteiger partial charge in [0, 0.05) is 18.0 Å². The average molecular weight is 391 g/mol. The fourth-order valence-corrected chi connectivity index (χ4v) is 5.45. The smallest absolute Gasteiger partial charge is 0.132 e. The zero-order valence-corrected chi connectivity index (χ0v) is 16.6. The largest absolute Gasteiger partial charge is 0.377 e. The van der Waals surface area contributed by atoms with E-state index in [0.29, 0.717) is 24.9 Å². The number of fused-ring (bicyclic) bond motifs is 3. The maximum Gasteiger partial charge on any atom is 0.132 e. The fraction of sp³-hybridized carbons (Fsp3) is 0.800. The SMILES string of the molecule is CC(C)OC1CC2C(CC1F)NNC2c1cc(N2C3CCC2COC3)ncn1. The highest BCUT2D eigenvalue weighted by atomic mass is 19.1. The highest BCUT2D eigenvalue weighted by molar-refractivity contribution is 5.45. The zero-order valence-electron chi connectivity index (χ0n) is 16.6. The van der Waals surface area contributed by atoms with E-state index < -0.39 is 6.17 Å². The van der Waals surface area contributed by atoms with Gasteiger partial charge in [-0.1, -0.05) is 0 Å². The molecule has 1 aromatic rings. The molecule has 1 aromatic heterocycles. The van der Waals surface area contributed by atoms with E-state index in [1.54, 1.807) is 6.33 Å². The van der Waals surface area contributed by atoms with Crippen LogP contribution in [0.1, 0.15) is 51.3 Å². The molecule has 2 bridgehead atoms. The summed E-state index contributed by atoms with van der Waals surface area (Å²) in [5.41, 5.74) is 7.64. The molecule has 5 rings (SSSR count). The highest BCUT2D eigenvalue weighted by Gasteiger charge is 2.46. The van der Waals surface area contributed by atoms with Gasteiger partial charge in [0.1, 0.15) is 18.3 Å². The maximum absolute atomic E-state index is 14.5. The molecule has 0 amide bonds. The summed E-state index contributed by atoms with van der Waals surface area (Å²) in [7, 11) is 0. The third-order valence-electron chi connectivity index (χ3n) is 6.70. The van der Waals surface area contributed by atoms with Crippen molar-refractivity contribution in [3.8, 4) is 0 Å². The predicted molar refractivity (Wildman–Crippen MR) is 103 cm³/mol. The molecule has 8 heteroatoms. The molecule has 0 aromatic carbocycles. The Morgan fingerprint density at radius 2 is 1.96 bits per heavy atom. The van der Waals surface area contributed by atoms with Gasteiger partial charge in [0.25, 0.3) is 0 Å². The molecule has 7 atom stereocenters. The highest BCUT2D eigenvalue weighted by Crippen LogP contribution is 2.41. The van der Waals surface area contributed by atoms with Crippen molar-refractivity contribution in [3.05, 3.63) is 18.1 Å². The third kappa shape index (κ3) is 3.30. The van der Waals surface area contributed by atoms with E-state index in [9.17, 15) is 4.39 Å². The van der Waals surface area contributed by atoms with Crippen LogP contribution in [0.25, 0.3) is 0 Å². The number of morpholine rings is 1. The number of aromatic nitrogens is 2.